The molecule has 76 valence electrons. The fourth-order valence-corrected chi connectivity index (χ4v) is 1.44. The summed E-state index contributed by atoms with van der Waals surface area (Å²) < 4.78 is 4.99. The lowest BCUT2D eigenvalue weighted by Crippen LogP contribution is -2.00. The number of aromatic carboxylic acids is 1. The number of rotatable bonds is 2. The molecule has 1 aromatic carbocycles. The summed E-state index contributed by atoms with van der Waals surface area (Å²) in [6, 6.07) is 6.76. The van der Waals surface area contributed by atoms with Gasteiger partial charge in [0.1, 0.15) is 11.3 Å². The predicted molar refractivity (Wildman–Crippen MR) is 55.3 cm³/mol. The standard InChI is InChI=1S/C11H9NO3/c1-15-10-6-9-7(3-2-4-12-9)5-8(10)11(13)14/h2-6H,1H3,(H,13,14). The van der Waals surface area contributed by atoms with E-state index in [1.54, 1.807) is 24.4 Å². The highest BCUT2D eigenvalue weighted by Gasteiger charge is 2.12. The molecule has 2 rings (SSSR count). The molecule has 0 fully saturated rings. The van der Waals surface area contributed by atoms with Crippen LogP contribution in [-0.2, 0) is 0 Å². The lowest BCUT2D eigenvalue weighted by molar-refractivity contribution is 0.0693. The molecule has 1 heterocycles. The van der Waals surface area contributed by atoms with Crippen LogP contribution in [0, 0.1) is 0 Å². The van der Waals surface area contributed by atoms with E-state index in [2.05, 4.69) is 4.98 Å². The summed E-state index contributed by atoms with van der Waals surface area (Å²) in [4.78, 5) is 15.0. The number of carboxylic acid groups (broad SMARTS) is 1. The molecule has 1 N–H and O–H groups in total. The largest absolute Gasteiger partial charge is 0.496 e. The van der Waals surface area contributed by atoms with Gasteiger partial charge in [0.15, 0.2) is 0 Å². The smallest absolute Gasteiger partial charge is 0.339 e. The number of carbonyl (C=O) groups is 1. The summed E-state index contributed by atoms with van der Waals surface area (Å²) >= 11 is 0. The van der Waals surface area contributed by atoms with Crippen LogP contribution < -0.4 is 4.74 Å². The highest BCUT2D eigenvalue weighted by atomic mass is 16.5. The Labute approximate surface area is 86.1 Å². The van der Waals surface area contributed by atoms with E-state index in [0.717, 1.165) is 10.9 Å². The number of hydrogen-bond donors (Lipinski definition) is 1. The van der Waals surface area contributed by atoms with Gasteiger partial charge in [-0.2, -0.15) is 0 Å². The minimum atomic E-state index is -1.00. The van der Waals surface area contributed by atoms with Crippen molar-refractivity contribution < 1.29 is 14.6 Å². The maximum atomic E-state index is 10.9. The molecule has 0 radical (unpaired) electrons. The van der Waals surface area contributed by atoms with Gasteiger partial charge in [0.05, 0.1) is 12.6 Å². The number of ether oxygens (including phenoxy) is 1. The molecule has 0 aliphatic carbocycles. The zero-order valence-corrected chi connectivity index (χ0v) is 8.10. The van der Waals surface area contributed by atoms with Crippen molar-refractivity contribution in [3.8, 4) is 5.75 Å². The molecule has 0 atom stereocenters. The van der Waals surface area contributed by atoms with E-state index in [0.29, 0.717) is 5.75 Å². The number of aromatic nitrogens is 1. The topological polar surface area (TPSA) is 59.4 Å². The number of carboxylic acids is 1. The van der Waals surface area contributed by atoms with E-state index in [-0.39, 0.29) is 5.56 Å². The quantitative estimate of drug-likeness (QED) is 0.810. The van der Waals surface area contributed by atoms with Gasteiger partial charge in [-0.25, -0.2) is 4.79 Å². The van der Waals surface area contributed by atoms with Crippen LogP contribution in [-0.4, -0.2) is 23.2 Å². The van der Waals surface area contributed by atoms with Crippen LogP contribution in [0.3, 0.4) is 0 Å². The summed E-state index contributed by atoms with van der Waals surface area (Å²) in [5.74, 6) is -0.675. The lowest BCUT2D eigenvalue weighted by atomic mass is 10.1. The second-order valence-electron chi connectivity index (χ2n) is 3.05. The van der Waals surface area contributed by atoms with E-state index < -0.39 is 5.97 Å². The lowest BCUT2D eigenvalue weighted by Gasteiger charge is -2.05. The Morgan fingerprint density at radius 1 is 1.47 bits per heavy atom. The van der Waals surface area contributed by atoms with Gasteiger partial charge in [0.25, 0.3) is 0 Å². The number of methoxy groups -OCH3 is 1. The van der Waals surface area contributed by atoms with Crippen molar-refractivity contribution in [2.75, 3.05) is 7.11 Å². The van der Waals surface area contributed by atoms with E-state index in [4.69, 9.17) is 9.84 Å². The predicted octanol–water partition coefficient (Wildman–Crippen LogP) is 1.94. The molecule has 4 heteroatoms. The number of fused-ring (bicyclic) bond motifs is 1. The van der Waals surface area contributed by atoms with Gasteiger partial charge in [-0.3, -0.25) is 4.98 Å². The van der Waals surface area contributed by atoms with Gasteiger partial charge < -0.3 is 9.84 Å². The van der Waals surface area contributed by atoms with Gasteiger partial charge in [-0.05, 0) is 12.1 Å². The zero-order valence-electron chi connectivity index (χ0n) is 8.10. The monoisotopic (exact) mass is 203 g/mol. The molecule has 0 unspecified atom stereocenters. The molecule has 0 aliphatic rings. The number of benzene rings is 1. The average molecular weight is 203 g/mol. The summed E-state index contributed by atoms with van der Waals surface area (Å²) in [5.41, 5.74) is 0.873. The molecule has 0 amide bonds. The van der Waals surface area contributed by atoms with E-state index in [1.165, 1.54) is 7.11 Å². The second kappa shape index (κ2) is 3.57. The van der Waals surface area contributed by atoms with Crippen molar-refractivity contribution >= 4 is 16.9 Å². The molecule has 0 bridgehead atoms. The number of nitrogens with zero attached hydrogens (tertiary/aromatic N) is 1. The fraction of sp³-hybridized carbons (Fsp3) is 0.0909. The fourth-order valence-electron chi connectivity index (χ4n) is 1.44. The Kier molecular flexibility index (Phi) is 2.25. The van der Waals surface area contributed by atoms with Crippen molar-refractivity contribution in [1.82, 2.24) is 4.98 Å². The van der Waals surface area contributed by atoms with E-state index in [1.807, 2.05) is 6.07 Å². The first-order valence-corrected chi connectivity index (χ1v) is 4.38. The van der Waals surface area contributed by atoms with Gasteiger partial charge in [-0.15, -0.1) is 0 Å². The molecule has 0 saturated carbocycles. The molecular weight excluding hydrogens is 194 g/mol. The van der Waals surface area contributed by atoms with Crippen molar-refractivity contribution in [3.63, 3.8) is 0 Å². The third-order valence-electron chi connectivity index (χ3n) is 2.15. The molecular formula is C11H9NO3. The highest BCUT2D eigenvalue weighted by molar-refractivity contribution is 5.96. The zero-order chi connectivity index (χ0) is 10.8. The van der Waals surface area contributed by atoms with Gasteiger partial charge in [0, 0.05) is 17.6 Å². The van der Waals surface area contributed by atoms with Crippen LogP contribution in [0.5, 0.6) is 5.75 Å². The van der Waals surface area contributed by atoms with Crippen LogP contribution in [0.4, 0.5) is 0 Å². The molecule has 0 spiro atoms. The van der Waals surface area contributed by atoms with Crippen molar-refractivity contribution in [1.29, 1.82) is 0 Å². The maximum Gasteiger partial charge on any atom is 0.339 e. The third kappa shape index (κ3) is 1.61. The van der Waals surface area contributed by atoms with Gasteiger partial charge >= 0.3 is 5.97 Å². The first-order chi connectivity index (χ1) is 7.22. The third-order valence-corrected chi connectivity index (χ3v) is 2.15. The van der Waals surface area contributed by atoms with Gasteiger partial charge in [0.2, 0.25) is 0 Å². The van der Waals surface area contributed by atoms with Crippen LogP contribution in [0.25, 0.3) is 10.9 Å². The Balaban J connectivity index is 2.74. The van der Waals surface area contributed by atoms with Crippen LogP contribution in [0.15, 0.2) is 30.5 Å². The minimum Gasteiger partial charge on any atom is -0.496 e. The van der Waals surface area contributed by atoms with Crippen LogP contribution in [0.1, 0.15) is 10.4 Å². The molecule has 0 aliphatic heterocycles. The first kappa shape index (κ1) is 9.45. The molecule has 2 aromatic rings. The summed E-state index contributed by atoms with van der Waals surface area (Å²) in [6.07, 6.45) is 1.65. The van der Waals surface area contributed by atoms with Crippen molar-refractivity contribution in [2.24, 2.45) is 0 Å². The molecule has 1 aromatic heterocycles. The molecule has 15 heavy (non-hydrogen) atoms. The molecule has 4 nitrogen and oxygen atoms in total. The SMILES string of the molecule is COc1cc2ncccc2cc1C(=O)O. The summed E-state index contributed by atoms with van der Waals surface area (Å²) in [7, 11) is 1.44. The highest BCUT2D eigenvalue weighted by Crippen LogP contribution is 2.24. The average Bonchev–Trinajstić information content (AvgIpc) is 2.27. The first-order valence-electron chi connectivity index (χ1n) is 4.38. The number of pyridine rings is 1. The van der Waals surface area contributed by atoms with Crippen LogP contribution in [0.2, 0.25) is 0 Å². The maximum absolute atomic E-state index is 10.9. The van der Waals surface area contributed by atoms with Gasteiger partial charge in [-0.1, -0.05) is 6.07 Å². The Morgan fingerprint density at radius 3 is 2.93 bits per heavy atom. The van der Waals surface area contributed by atoms with E-state index >= 15 is 0 Å². The van der Waals surface area contributed by atoms with Crippen molar-refractivity contribution in [2.45, 2.75) is 0 Å². The minimum absolute atomic E-state index is 0.151. The number of hydrogen-bond acceptors (Lipinski definition) is 3. The van der Waals surface area contributed by atoms with Crippen molar-refractivity contribution in [3.05, 3.63) is 36.0 Å². The van der Waals surface area contributed by atoms with E-state index in [9.17, 15) is 4.79 Å². The normalized spacial score (nSPS) is 10.2. The van der Waals surface area contributed by atoms with Crippen LogP contribution >= 0.6 is 0 Å². The summed E-state index contributed by atoms with van der Waals surface area (Å²) in [5, 5.41) is 9.74. The Morgan fingerprint density at radius 2 is 2.27 bits per heavy atom. The molecule has 0 saturated heterocycles. The Hall–Kier alpha value is -2.10. The Bertz CT molecular complexity index is 522. The second-order valence-corrected chi connectivity index (χ2v) is 3.05. The summed E-state index contributed by atoms with van der Waals surface area (Å²) in [6.45, 7) is 0.